The average Bonchev–Trinajstić information content (AvgIpc) is 2.86. The zero-order chi connectivity index (χ0) is 19.1. The van der Waals surface area contributed by atoms with Crippen molar-refractivity contribution in [1.29, 1.82) is 0 Å². The van der Waals surface area contributed by atoms with Crippen LogP contribution in [0.25, 0.3) is 0 Å². The fourth-order valence-electron chi connectivity index (χ4n) is 3.38. The molecule has 0 aliphatic carbocycles. The van der Waals surface area contributed by atoms with Crippen molar-refractivity contribution >= 4 is 29.5 Å². The SMILES string of the molecule is CCC(Oc1ccccc1)C(=O)N[C@@H]1C(=O)N2[C@@H]1SC(C)(C)[C@@H]2C(=O)O.[K+]. The van der Waals surface area contributed by atoms with E-state index in [1.807, 2.05) is 25.1 Å². The molecule has 4 atom stereocenters. The second-order valence-electron chi connectivity index (χ2n) is 6.91. The number of nitrogens with zero attached hydrogens (tertiary/aromatic N) is 1. The largest absolute Gasteiger partial charge is 1.00 e. The number of para-hydroxylation sites is 1. The van der Waals surface area contributed by atoms with Crippen molar-refractivity contribution in [3.63, 3.8) is 0 Å². The topological polar surface area (TPSA) is 95.9 Å². The summed E-state index contributed by atoms with van der Waals surface area (Å²) in [5, 5.41) is 11.8. The maximum Gasteiger partial charge on any atom is 1.00 e. The van der Waals surface area contributed by atoms with Crippen molar-refractivity contribution in [3.8, 4) is 5.75 Å². The van der Waals surface area contributed by atoms with Gasteiger partial charge in [0.05, 0.1) is 0 Å². The number of ether oxygens (including phenoxy) is 1. The van der Waals surface area contributed by atoms with Gasteiger partial charge in [0.25, 0.3) is 5.91 Å². The molecular weight excluding hydrogens is 395 g/mol. The Morgan fingerprint density at radius 1 is 1.33 bits per heavy atom. The van der Waals surface area contributed by atoms with Crippen molar-refractivity contribution in [1.82, 2.24) is 10.2 Å². The molecule has 2 aliphatic rings. The summed E-state index contributed by atoms with van der Waals surface area (Å²) in [6.07, 6.45) is -0.263. The number of hydrogen-bond donors (Lipinski definition) is 2. The Morgan fingerprint density at radius 3 is 2.52 bits per heavy atom. The second-order valence-corrected chi connectivity index (χ2v) is 8.68. The minimum atomic E-state index is -1.03. The van der Waals surface area contributed by atoms with Crippen LogP contribution in [0.5, 0.6) is 5.75 Å². The van der Waals surface area contributed by atoms with Crippen LogP contribution in [-0.2, 0) is 14.4 Å². The standard InChI is InChI=1S/C18H22N2O5S.K/c1-4-11(25-10-8-6-5-7-9-10)14(21)19-12-15(22)20-13(17(23)24)18(2,3)26-16(12)20;/h5-9,11-13,16H,4H2,1-3H3,(H,19,21)(H,23,24);/q;+1/t11?,12-,13+,16-;/m1./s1. The Bertz CT molecular complexity index is 730. The van der Waals surface area contributed by atoms with Crippen LogP contribution in [0.4, 0.5) is 0 Å². The van der Waals surface area contributed by atoms with E-state index in [9.17, 15) is 19.5 Å². The van der Waals surface area contributed by atoms with Crippen LogP contribution in [0, 0.1) is 0 Å². The average molecular weight is 418 g/mol. The molecule has 0 saturated carbocycles. The zero-order valence-corrected chi connectivity index (χ0v) is 19.8. The van der Waals surface area contributed by atoms with Gasteiger partial charge in [0.2, 0.25) is 5.91 Å². The first-order chi connectivity index (χ1) is 12.3. The third-order valence-corrected chi connectivity index (χ3v) is 6.23. The smallest absolute Gasteiger partial charge is 0.481 e. The fourth-order valence-corrected chi connectivity index (χ4v) is 5.00. The van der Waals surface area contributed by atoms with Gasteiger partial charge in [-0.2, -0.15) is 0 Å². The molecule has 27 heavy (non-hydrogen) atoms. The van der Waals surface area contributed by atoms with Crippen molar-refractivity contribution in [2.45, 2.75) is 55.5 Å². The van der Waals surface area contributed by atoms with Crippen molar-refractivity contribution in [2.75, 3.05) is 0 Å². The van der Waals surface area contributed by atoms with Crippen LogP contribution in [-0.4, -0.2) is 56.1 Å². The summed E-state index contributed by atoms with van der Waals surface area (Å²) in [7, 11) is 0. The van der Waals surface area contributed by atoms with E-state index in [1.165, 1.54) is 16.7 Å². The molecular formula is C18H22KN2O5S+. The van der Waals surface area contributed by atoms with Gasteiger partial charge >= 0.3 is 57.4 Å². The Labute approximate surface area is 205 Å². The predicted molar refractivity (Wildman–Crippen MR) is 96.8 cm³/mol. The quantitative estimate of drug-likeness (QED) is 0.431. The number of carboxylic acid groups (broad SMARTS) is 1. The van der Waals surface area contributed by atoms with Gasteiger partial charge in [0, 0.05) is 4.75 Å². The molecule has 140 valence electrons. The number of carboxylic acids is 1. The second kappa shape index (κ2) is 8.83. The molecule has 9 heteroatoms. The molecule has 0 radical (unpaired) electrons. The van der Waals surface area contributed by atoms with Crippen molar-refractivity contribution in [2.24, 2.45) is 0 Å². The first-order valence-corrected chi connectivity index (χ1v) is 9.39. The molecule has 2 N–H and O–H groups in total. The van der Waals surface area contributed by atoms with Gasteiger partial charge in [0.15, 0.2) is 6.10 Å². The van der Waals surface area contributed by atoms with Gasteiger partial charge in [-0.3, -0.25) is 9.59 Å². The Morgan fingerprint density at radius 2 is 1.96 bits per heavy atom. The maximum absolute atomic E-state index is 12.6. The summed E-state index contributed by atoms with van der Waals surface area (Å²) in [5.74, 6) is -1.17. The summed E-state index contributed by atoms with van der Waals surface area (Å²) in [4.78, 5) is 37.9. The van der Waals surface area contributed by atoms with E-state index in [2.05, 4.69) is 5.32 Å². The summed E-state index contributed by atoms with van der Waals surface area (Å²) >= 11 is 1.40. The Kier molecular flexibility index (Phi) is 7.43. The van der Waals surface area contributed by atoms with Crippen LogP contribution < -0.4 is 61.4 Å². The monoisotopic (exact) mass is 417 g/mol. The number of hydrogen-bond acceptors (Lipinski definition) is 5. The van der Waals surface area contributed by atoms with Gasteiger partial charge in [0.1, 0.15) is 23.2 Å². The Hall–Kier alpha value is -0.584. The molecule has 2 saturated heterocycles. The number of amides is 2. The zero-order valence-electron chi connectivity index (χ0n) is 15.8. The first-order valence-electron chi connectivity index (χ1n) is 8.51. The molecule has 0 spiro atoms. The fraction of sp³-hybridized carbons (Fsp3) is 0.500. The van der Waals surface area contributed by atoms with E-state index in [1.54, 1.807) is 26.0 Å². The first kappa shape index (κ1) is 22.7. The summed E-state index contributed by atoms with van der Waals surface area (Å²) < 4.78 is 5.09. The molecule has 2 aliphatic heterocycles. The third-order valence-electron chi connectivity index (χ3n) is 4.66. The number of fused-ring (bicyclic) bond motifs is 1. The molecule has 2 heterocycles. The number of carbonyl (C=O) groups excluding carboxylic acids is 2. The predicted octanol–water partition coefficient (Wildman–Crippen LogP) is -1.52. The molecule has 0 bridgehead atoms. The number of rotatable bonds is 6. The van der Waals surface area contributed by atoms with Gasteiger partial charge in [-0.05, 0) is 32.4 Å². The Balaban J connectivity index is 0.00000261. The van der Waals surface area contributed by atoms with E-state index < -0.39 is 28.9 Å². The maximum atomic E-state index is 12.6. The van der Waals surface area contributed by atoms with Crippen LogP contribution in [0.3, 0.4) is 0 Å². The molecule has 2 amide bonds. The van der Waals surface area contributed by atoms with E-state index >= 15 is 0 Å². The van der Waals surface area contributed by atoms with Gasteiger partial charge < -0.3 is 20.1 Å². The van der Waals surface area contributed by atoms with E-state index in [0.29, 0.717) is 12.2 Å². The number of β-lactam (4-membered cyclic amide) rings is 1. The normalized spacial score (nSPS) is 26.3. The van der Waals surface area contributed by atoms with Gasteiger partial charge in [-0.1, -0.05) is 25.1 Å². The van der Waals surface area contributed by atoms with Crippen molar-refractivity contribution < 1.29 is 75.6 Å². The summed E-state index contributed by atoms with van der Waals surface area (Å²) in [6.45, 7) is 5.43. The molecule has 1 unspecified atom stereocenters. The summed E-state index contributed by atoms with van der Waals surface area (Å²) in [6, 6.07) is 7.41. The van der Waals surface area contributed by atoms with Crippen LogP contribution >= 0.6 is 11.8 Å². The molecule has 7 nitrogen and oxygen atoms in total. The molecule has 3 rings (SSSR count). The van der Waals surface area contributed by atoms with Crippen LogP contribution in [0.1, 0.15) is 27.2 Å². The molecule has 0 aromatic heterocycles. The van der Waals surface area contributed by atoms with Crippen molar-refractivity contribution in [3.05, 3.63) is 30.3 Å². The minimum Gasteiger partial charge on any atom is -0.481 e. The van der Waals surface area contributed by atoms with Crippen LogP contribution in [0.15, 0.2) is 30.3 Å². The number of nitrogens with one attached hydrogen (secondary N) is 1. The van der Waals surface area contributed by atoms with E-state index in [-0.39, 0.29) is 68.6 Å². The number of thioether (sulfide) groups is 1. The third kappa shape index (κ3) is 4.38. The number of aliphatic carboxylic acids is 1. The van der Waals surface area contributed by atoms with Crippen LogP contribution in [0.2, 0.25) is 0 Å². The number of carbonyl (C=O) groups is 3. The summed E-state index contributed by atoms with van der Waals surface area (Å²) in [5.41, 5.74) is 0. The molecule has 1 aromatic carbocycles. The molecule has 2 fully saturated rings. The van der Waals surface area contributed by atoms with Gasteiger partial charge in [-0.15, -0.1) is 11.8 Å². The number of benzene rings is 1. The van der Waals surface area contributed by atoms with E-state index in [4.69, 9.17) is 4.74 Å². The van der Waals surface area contributed by atoms with E-state index in [0.717, 1.165) is 0 Å². The minimum absolute atomic E-state index is 0. The molecule has 1 aromatic rings. The van der Waals surface area contributed by atoms with Gasteiger partial charge in [-0.25, -0.2) is 4.79 Å².